The van der Waals surface area contributed by atoms with Crippen molar-refractivity contribution in [3.63, 3.8) is 0 Å². The summed E-state index contributed by atoms with van der Waals surface area (Å²) < 4.78 is 0.734. The standard InChI is InChI=1S/C14H10Br2O5.C13H9BrO6/c1-5-8(15)2-7(14(21)12(5)19)13(20)6-3-10(17)11(18)4-9(6)16;14-7-4-6(11(18)13(20)12(7)19)10(17)5-1-2-8(15)9(16)3-5/h2-4,17-19,21H,1H3;1-4,15-16,18-20H. The molecule has 0 radical (unpaired) electrons. The minimum atomic E-state index is -0.828. The molecule has 0 aromatic heterocycles. The van der Waals surface area contributed by atoms with Crippen molar-refractivity contribution in [3.05, 3.63) is 83.7 Å². The summed E-state index contributed by atoms with van der Waals surface area (Å²) in [6.07, 6.45) is 0. The molecule has 0 atom stereocenters. The van der Waals surface area contributed by atoms with Crippen molar-refractivity contribution in [1.29, 1.82) is 0 Å². The first-order valence-corrected chi connectivity index (χ1v) is 13.4. The number of carbonyl (C=O) groups is 2. The first kappa shape index (κ1) is 31.4. The molecule has 0 amide bonds. The molecular formula is C27H19Br3O11. The summed E-state index contributed by atoms with van der Waals surface area (Å²) in [5.74, 6) is -6.17. The van der Waals surface area contributed by atoms with E-state index in [0.717, 1.165) is 24.3 Å². The molecule has 4 rings (SSSR count). The molecule has 4 aromatic rings. The molecule has 0 bridgehead atoms. The average molecular weight is 759 g/mol. The number of aromatic hydroxyl groups is 9. The summed E-state index contributed by atoms with van der Waals surface area (Å²) in [5.41, 5.74) is 0.0352. The van der Waals surface area contributed by atoms with Gasteiger partial charge in [-0.25, -0.2) is 0 Å². The van der Waals surface area contributed by atoms with E-state index in [4.69, 9.17) is 0 Å². The molecule has 14 heteroatoms. The highest BCUT2D eigenvalue weighted by molar-refractivity contribution is 9.11. The Morgan fingerprint density at radius 3 is 1.61 bits per heavy atom. The van der Waals surface area contributed by atoms with E-state index >= 15 is 0 Å². The largest absolute Gasteiger partial charge is 0.504 e. The molecule has 0 aliphatic carbocycles. The summed E-state index contributed by atoms with van der Waals surface area (Å²) in [7, 11) is 0. The van der Waals surface area contributed by atoms with E-state index in [1.165, 1.54) is 18.2 Å². The molecule has 0 unspecified atom stereocenters. The summed E-state index contributed by atoms with van der Waals surface area (Å²) in [4.78, 5) is 24.6. The Kier molecular flexibility index (Phi) is 9.31. The van der Waals surface area contributed by atoms with Gasteiger partial charge in [-0.3, -0.25) is 9.59 Å². The number of hydrogen-bond acceptors (Lipinski definition) is 11. The van der Waals surface area contributed by atoms with Gasteiger partial charge in [0.1, 0.15) is 0 Å². The van der Waals surface area contributed by atoms with E-state index in [1.807, 2.05) is 0 Å². The Morgan fingerprint density at radius 1 is 0.488 bits per heavy atom. The predicted octanol–water partition coefficient (Wildman–Crippen LogP) is 5.78. The van der Waals surface area contributed by atoms with Crippen molar-refractivity contribution >= 4 is 59.4 Å². The fraction of sp³-hybridized carbons (Fsp3) is 0.0370. The number of ketones is 2. The highest BCUT2D eigenvalue weighted by atomic mass is 79.9. The summed E-state index contributed by atoms with van der Waals surface area (Å²) >= 11 is 9.23. The van der Waals surface area contributed by atoms with Crippen molar-refractivity contribution in [2.45, 2.75) is 6.92 Å². The molecule has 9 N–H and O–H groups in total. The van der Waals surface area contributed by atoms with Crippen LogP contribution in [0.15, 0.2) is 55.9 Å². The summed E-state index contributed by atoms with van der Waals surface area (Å²) in [6, 6.07) is 8.15. The van der Waals surface area contributed by atoms with Crippen LogP contribution < -0.4 is 0 Å². The van der Waals surface area contributed by atoms with Gasteiger partial charge in [0.05, 0.1) is 15.6 Å². The Balaban J connectivity index is 0.000000226. The van der Waals surface area contributed by atoms with Crippen LogP contribution in [-0.4, -0.2) is 57.5 Å². The molecule has 0 spiro atoms. The van der Waals surface area contributed by atoms with E-state index in [-0.39, 0.29) is 42.7 Å². The quantitative estimate of drug-likeness (QED) is 0.0898. The Bertz CT molecular complexity index is 1720. The van der Waals surface area contributed by atoms with Gasteiger partial charge in [-0.1, -0.05) is 15.9 Å². The molecule has 0 heterocycles. The van der Waals surface area contributed by atoms with Gasteiger partial charge in [0.2, 0.25) is 5.75 Å². The maximum atomic E-state index is 12.5. The minimum absolute atomic E-state index is 0.00686. The zero-order chi connectivity index (χ0) is 30.9. The SMILES string of the molecule is Cc1c(Br)cc(C(=O)c2cc(O)c(O)cc2Br)c(O)c1O.O=C(c1ccc(O)c(O)c1)c1cc(Br)c(O)c(O)c1O. The van der Waals surface area contributed by atoms with Crippen LogP contribution in [0, 0.1) is 6.92 Å². The van der Waals surface area contributed by atoms with E-state index in [9.17, 15) is 55.5 Å². The number of halogens is 3. The van der Waals surface area contributed by atoms with Crippen LogP contribution in [0.3, 0.4) is 0 Å². The van der Waals surface area contributed by atoms with Crippen LogP contribution in [-0.2, 0) is 0 Å². The predicted molar refractivity (Wildman–Crippen MR) is 155 cm³/mol. The smallest absolute Gasteiger partial charge is 0.202 e. The first-order valence-electron chi connectivity index (χ1n) is 11.0. The number of rotatable bonds is 4. The number of hydrogen-bond donors (Lipinski definition) is 9. The molecule has 0 aliphatic heterocycles. The molecule has 0 aliphatic rings. The van der Waals surface area contributed by atoms with Crippen LogP contribution in [0.5, 0.6) is 51.7 Å². The van der Waals surface area contributed by atoms with Gasteiger partial charge in [-0.2, -0.15) is 0 Å². The van der Waals surface area contributed by atoms with Crippen LogP contribution in [0.1, 0.15) is 37.4 Å². The van der Waals surface area contributed by atoms with Crippen molar-refractivity contribution in [2.75, 3.05) is 0 Å². The van der Waals surface area contributed by atoms with Crippen LogP contribution in [0.2, 0.25) is 0 Å². The highest BCUT2D eigenvalue weighted by Gasteiger charge is 2.23. The van der Waals surface area contributed by atoms with Gasteiger partial charge >= 0.3 is 0 Å². The molecule has 4 aromatic carbocycles. The molecule has 0 saturated carbocycles. The fourth-order valence-electron chi connectivity index (χ4n) is 3.37. The van der Waals surface area contributed by atoms with Gasteiger partial charge in [0, 0.05) is 25.6 Å². The zero-order valence-electron chi connectivity index (χ0n) is 20.5. The average Bonchev–Trinajstić information content (AvgIpc) is 2.93. The van der Waals surface area contributed by atoms with Gasteiger partial charge in [-0.05, 0) is 81.2 Å². The van der Waals surface area contributed by atoms with Gasteiger partial charge in [0.15, 0.2) is 57.6 Å². The number of phenols is 9. The molecule has 11 nitrogen and oxygen atoms in total. The van der Waals surface area contributed by atoms with Gasteiger partial charge < -0.3 is 46.0 Å². The lowest BCUT2D eigenvalue weighted by molar-refractivity contribution is 0.102. The van der Waals surface area contributed by atoms with Crippen molar-refractivity contribution < 1.29 is 55.5 Å². The number of benzene rings is 4. The Morgan fingerprint density at radius 2 is 1.00 bits per heavy atom. The highest BCUT2D eigenvalue weighted by Crippen LogP contribution is 2.44. The molecule has 0 saturated heterocycles. The van der Waals surface area contributed by atoms with Crippen LogP contribution >= 0.6 is 47.8 Å². The second-order valence-electron chi connectivity index (χ2n) is 8.36. The molecule has 41 heavy (non-hydrogen) atoms. The molecular weight excluding hydrogens is 740 g/mol. The maximum Gasteiger partial charge on any atom is 0.202 e. The second-order valence-corrected chi connectivity index (χ2v) is 10.9. The van der Waals surface area contributed by atoms with Crippen LogP contribution in [0.4, 0.5) is 0 Å². The lowest BCUT2D eigenvalue weighted by atomic mass is 10.00. The van der Waals surface area contributed by atoms with E-state index < -0.39 is 51.8 Å². The van der Waals surface area contributed by atoms with E-state index in [0.29, 0.717) is 10.0 Å². The molecule has 214 valence electrons. The van der Waals surface area contributed by atoms with Gasteiger partial charge in [-0.15, -0.1) is 0 Å². The summed E-state index contributed by atoms with van der Waals surface area (Å²) in [6.45, 7) is 1.58. The lowest BCUT2D eigenvalue weighted by Crippen LogP contribution is -2.04. The Hall–Kier alpha value is -4.14. The Labute approximate surface area is 256 Å². The summed E-state index contributed by atoms with van der Waals surface area (Å²) in [5, 5.41) is 85.7. The number of carbonyl (C=O) groups excluding carboxylic acids is 2. The van der Waals surface area contributed by atoms with Crippen molar-refractivity contribution in [1.82, 2.24) is 0 Å². The fourth-order valence-corrected chi connectivity index (χ4v) is 4.72. The van der Waals surface area contributed by atoms with Crippen LogP contribution in [0.25, 0.3) is 0 Å². The number of phenolic OH excluding ortho intramolecular Hbond substituents is 9. The lowest BCUT2D eigenvalue weighted by Gasteiger charge is -2.11. The third-order valence-electron chi connectivity index (χ3n) is 5.70. The van der Waals surface area contributed by atoms with Gasteiger partial charge in [0.25, 0.3) is 0 Å². The van der Waals surface area contributed by atoms with Crippen molar-refractivity contribution in [2.24, 2.45) is 0 Å². The van der Waals surface area contributed by atoms with Crippen molar-refractivity contribution in [3.8, 4) is 51.7 Å². The normalized spacial score (nSPS) is 10.5. The molecule has 0 fully saturated rings. The third kappa shape index (κ3) is 6.29. The second kappa shape index (κ2) is 12.2. The van der Waals surface area contributed by atoms with E-state index in [1.54, 1.807) is 6.92 Å². The monoisotopic (exact) mass is 756 g/mol. The van der Waals surface area contributed by atoms with E-state index in [2.05, 4.69) is 47.8 Å². The minimum Gasteiger partial charge on any atom is -0.504 e. The first-order chi connectivity index (χ1) is 19.1. The zero-order valence-corrected chi connectivity index (χ0v) is 25.3. The maximum absolute atomic E-state index is 12.5. The topological polar surface area (TPSA) is 216 Å². The third-order valence-corrected chi connectivity index (χ3v) is 7.78.